The lowest BCUT2D eigenvalue weighted by atomic mass is 9.50. The predicted octanol–water partition coefficient (Wildman–Crippen LogP) is 9.53. The van der Waals surface area contributed by atoms with E-state index in [1.165, 1.54) is 49.7 Å². The van der Waals surface area contributed by atoms with Crippen molar-refractivity contribution in [2.24, 2.45) is 0 Å². The zero-order chi connectivity index (χ0) is 24.2. The monoisotopic (exact) mass is 451 g/mol. The third-order valence-corrected chi connectivity index (χ3v) is 7.70. The highest BCUT2D eigenvalue weighted by molar-refractivity contribution is 5.43. The van der Waals surface area contributed by atoms with Gasteiger partial charge in [0.25, 0.3) is 5.69 Å². The number of nitrogens with zero attached hydrogens (tertiary/aromatic N) is 1. The van der Waals surface area contributed by atoms with Crippen LogP contribution in [0.3, 0.4) is 0 Å². The second-order valence-corrected chi connectivity index (χ2v) is 9.75. The Kier molecular flexibility index (Phi) is 11.1. The molecule has 0 aliphatic heterocycles. The Morgan fingerprint density at radius 2 is 0.970 bits per heavy atom. The summed E-state index contributed by atoms with van der Waals surface area (Å²) in [6.07, 6.45) is 14.0. The van der Waals surface area contributed by atoms with Crippen LogP contribution in [0.1, 0.15) is 116 Å². The Bertz CT molecular complexity index is 797. The first-order chi connectivity index (χ1) is 16.0. The highest BCUT2D eigenvalue weighted by Crippen LogP contribution is 2.56. The molecule has 0 aromatic heterocycles. The lowest BCUT2D eigenvalue weighted by Crippen LogP contribution is -2.49. The molecule has 0 radical (unpaired) electrons. The number of nitro groups is 1. The SMILES string of the molecule is CCCCC(CCCC)(c1ccccc1)C(CCCC)(CCCC)c1ccc([N+](=O)[O-])cc1. The summed E-state index contributed by atoms with van der Waals surface area (Å²) in [5.41, 5.74) is 2.94. The molecule has 0 atom stereocenters. The maximum Gasteiger partial charge on any atom is 0.269 e. The molecule has 2 rings (SSSR count). The minimum atomic E-state index is -0.276. The van der Waals surface area contributed by atoms with E-state index in [1.54, 1.807) is 12.1 Å². The molecule has 3 heteroatoms. The molecular weight excluding hydrogens is 406 g/mol. The van der Waals surface area contributed by atoms with Gasteiger partial charge in [0.2, 0.25) is 0 Å². The van der Waals surface area contributed by atoms with Crippen LogP contribution >= 0.6 is 0 Å². The van der Waals surface area contributed by atoms with Crippen molar-refractivity contribution in [1.29, 1.82) is 0 Å². The van der Waals surface area contributed by atoms with E-state index in [4.69, 9.17) is 0 Å². The van der Waals surface area contributed by atoms with Crippen LogP contribution < -0.4 is 0 Å². The summed E-state index contributed by atoms with van der Waals surface area (Å²) in [6, 6.07) is 18.9. The normalized spacial score (nSPS) is 12.1. The van der Waals surface area contributed by atoms with E-state index in [-0.39, 0.29) is 21.4 Å². The molecule has 2 aromatic rings. The summed E-state index contributed by atoms with van der Waals surface area (Å²) in [4.78, 5) is 11.1. The van der Waals surface area contributed by atoms with Gasteiger partial charge in [-0.1, -0.05) is 122 Å². The van der Waals surface area contributed by atoms with Gasteiger partial charge in [0, 0.05) is 23.0 Å². The van der Waals surface area contributed by atoms with Gasteiger partial charge in [0.15, 0.2) is 0 Å². The molecule has 0 saturated heterocycles. The molecule has 182 valence electrons. The highest BCUT2D eigenvalue weighted by atomic mass is 16.6. The number of nitro benzene ring substituents is 1. The average Bonchev–Trinajstić information content (AvgIpc) is 2.85. The van der Waals surface area contributed by atoms with Gasteiger partial charge >= 0.3 is 0 Å². The van der Waals surface area contributed by atoms with Gasteiger partial charge in [-0.2, -0.15) is 0 Å². The molecule has 0 saturated carbocycles. The van der Waals surface area contributed by atoms with Crippen molar-refractivity contribution >= 4 is 5.69 Å². The Hall–Kier alpha value is -2.16. The molecule has 0 N–H and O–H groups in total. The topological polar surface area (TPSA) is 43.1 Å². The molecular formula is C30H45NO2. The third kappa shape index (κ3) is 6.25. The Morgan fingerprint density at radius 1 is 0.606 bits per heavy atom. The Morgan fingerprint density at radius 3 is 1.30 bits per heavy atom. The first-order valence-corrected chi connectivity index (χ1v) is 13.3. The van der Waals surface area contributed by atoms with Gasteiger partial charge in [0.1, 0.15) is 0 Å². The third-order valence-electron chi connectivity index (χ3n) is 7.70. The Balaban J connectivity index is 2.84. The van der Waals surface area contributed by atoms with E-state index in [1.807, 2.05) is 0 Å². The maximum absolute atomic E-state index is 11.4. The van der Waals surface area contributed by atoms with Crippen LogP contribution in [0, 0.1) is 10.1 Å². The molecule has 3 nitrogen and oxygen atoms in total. The van der Waals surface area contributed by atoms with Crippen molar-refractivity contribution in [3.05, 3.63) is 75.8 Å². The summed E-state index contributed by atoms with van der Waals surface area (Å²) < 4.78 is 0. The number of unbranched alkanes of at least 4 members (excludes halogenated alkanes) is 4. The lowest BCUT2D eigenvalue weighted by Gasteiger charge is -2.53. The smallest absolute Gasteiger partial charge is 0.258 e. The first-order valence-electron chi connectivity index (χ1n) is 13.3. The molecule has 0 amide bonds. The van der Waals surface area contributed by atoms with Gasteiger partial charge in [-0.05, 0) is 36.8 Å². The maximum atomic E-state index is 11.4. The molecule has 33 heavy (non-hydrogen) atoms. The molecule has 0 heterocycles. The summed E-state index contributed by atoms with van der Waals surface area (Å²) in [6.45, 7) is 9.15. The second kappa shape index (κ2) is 13.5. The molecule has 0 bridgehead atoms. The minimum absolute atomic E-state index is 0.0279. The summed E-state index contributed by atoms with van der Waals surface area (Å²) in [7, 11) is 0. The van der Waals surface area contributed by atoms with E-state index in [0.29, 0.717) is 0 Å². The quantitative estimate of drug-likeness (QED) is 0.188. The van der Waals surface area contributed by atoms with Crippen LogP contribution in [-0.2, 0) is 10.8 Å². The van der Waals surface area contributed by atoms with Crippen LogP contribution in [0.4, 0.5) is 5.69 Å². The average molecular weight is 452 g/mol. The van der Waals surface area contributed by atoms with E-state index < -0.39 is 0 Å². The number of hydrogen-bond acceptors (Lipinski definition) is 2. The zero-order valence-electron chi connectivity index (χ0n) is 21.4. The van der Waals surface area contributed by atoms with Crippen LogP contribution in [0.25, 0.3) is 0 Å². The molecule has 0 spiro atoms. The number of non-ortho nitro benzene ring substituents is 1. The number of rotatable bonds is 16. The van der Waals surface area contributed by atoms with Gasteiger partial charge in [0.05, 0.1) is 4.92 Å². The fourth-order valence-corrected chi connectivity index (χ4v) is 5.91. The van der Waals surface area contributed by atoms with Crippen molar-refractivity contribution in [3.63, 3.8) is 0 Å². The van der Waals surface area contributed by atoms with Crippen LogP contribution in [0.2, 0.25) is 0 Å². The largest absolute Gasteiger partial charge is 0.269 e. The minimum Gasteiger partial charge on any atom is -0.258 e. The zero-order valence-corrected chi connectivity index (χ0v) is 21.4. The van der Waals surface area contributed by atoms with E-state index in [9.17, 15) is 10.1 Å². The van der Waals surface area contributed by atoms with Crippen molar-refractivity contribution in [1.82, 2.24) is 0 Å². The second-order valence-electron chi connectivity index (χ2n) is 9.75. The summed E-state index contributed by atoms with van der Waals surface area (Å²) in [5.74, 6) is 0. The van der Waals surface area contributed by atoms with Crippen LogP contribution in [0.15, 0.2) is 54.6 Å². The van der Waals surface area contributed by atoms with Gasteiger partial charge < -0.3 is 0 Å². The van der Waals surface area contributed by atoms with Crippen molar-refractivity contribution in [3.8, 4) is 0 Å². The molecule has 0 unspecified atom stereocenters. The Labute approximate surface area is 202 Å². The van der Waals surface area contributed by atoms with Crippen LogP contribution in [0.5, 0.6) is 0 Å². The number of hydrogen-bond donors (Lipinski definition) is 0. The predicted molar refractivity (Wildman–Crippen MR) is 141 cm³/mol. The molecule has 0 fully saturated rings. The van der Waals surface area contributed by atoms with E-state index in [2.05, 4.69) is 70.2 Å². The van der Waals surface area contributed by atoms with E-state index in [0.717, 1.165) is 38.5 Å². The standard InChI is InChI=1S/C30H45NO2/c1-5-9-22-29(23-10-6-2,26-16-14-13-15-17-26)30(24-11-7-3,25-12-8-4)27-18-20-28(21-19-27)31(32)33/h13-21H,5-12,22-25H2,1-4H3. The number of benzene rings is 2. The van der Waals surface area contributed by atoms with Crippen LogP contribution in [-0.4, -0.2) is 4.92 Å². The summed E-state index contributed by atoms with van der Waals surface area (Å²) >= 11 is 0. The van der Waals surface area contributed by atoms with Crippen molar-refractivity contribution < 1.29 is 4.92 Å². The molecule has 2 aromatic carbocycles. The summed E-state index contributed by atoms with van der Waals surface area (Å²) in [5, 5.41) is 11.4. The first kappa shape index (κ1) is 27.1. The molecule has 0 aliphatic rings. The fourth-order valence-electron chi connectivity index (χ4n) is 5.91. The van der Waals surface area contributed by atoms with Gasteiger partial charge in [-0.3, -0.25) is 10.1 Å². The van der Waals surface area contributed by atoms with E-state index >= 15 is 0 Å². The van der Waals surface area contributed by atoms with Crippen molar-refractivity contribution in [2.45, 2.75) is 116 Å². The van der Waals surface area contributed by atoms with Crippen molar-refractivity contribution in [2.75, 3.05) is 0 Å². The molecule has 0 aliphatic carbocycles. The van der Waals surface area contributed by atoms with Gasteiger partial charge in [-0.25, -0.2) is 0 Å². The highest BCUT2D eigenvalue weighted by Gasteiger charge is 2.51. The lowest BCUT2D eigenvalue weighted by molar-refractivity contribution is -0.384. The fraction of sp³-hybridized carbons (Fsp3) is 0.600. The van der Waals surface area contributed by atoms with Gasteiger partial charge in [-0.15, -0.1) is 0 Å².